The number of fused-ring (bicyclic) bond motifs is 5. The van der Waals surface area contributed by atoms with Crippen molar-refractivity contribution in [1.29, 1.82) is 0 Å². The average Bonchev–Trinajstić information content (AvgIpc) is 3.91. The molecule has 0 saturated heterocycles. The van der Waals surface area contributed by atoms with Gasteiger partial charge in [-0.05, 0) is 112 Å². The highest BCUT2D eigenvalue weighted by Gasteiger charge is 2.42. The Hall–Kier alpha value is -6.38. The first-order valence-corrected chi connectivity index (χ1v) is 17.8. The topological polar surface area (TPSA) is 16.4 Å². The van der Waals surface area contributed by atoms with Gasteiger partial charge in [-0.3, -0.25) is 0 Å². The second kappa shape index (κ2) is 12.2. The standard InChI is InChI=1S/C49H35NO/c1-4-10-33(11-5-1)35-20-25-42(26-21-35)50(41-14-8-3-9-15-41)43-27-22-36(23-28-43)34-16-18-37(19-17-34)40-31-45(38-12-6-2-7-13-38)49-46(32-40)48-44-30-39(44)24-29-47(48)51-49/h1-29,31-32,39,44H,30H2. The van der Waals surface area contributed by atoms with Crippen LogP contribution in [0.15, 0.2) is 186 Å². The van der Waals surface area contributed by atoms with Crippen LogP contribution in [0.3, 0.4) is 0 Å². The molecule has 8 aromatic rings. The first-order valence-electron chi connectivity index (χ1n) is 17.8. The van der Waals surface area contributed by atoms with Crippen molar-refractivity contribution >= 4 is 34.1 Å². The SMILES string of the molecule is C1=CC2CC2c2c1oc1c(-c3ccccc3)cc(-c3ccc(-c4ccc(N(c5ccccc5)c5ccc(-c6ccccc6)cc5)cc4)cc3)cc21. The Morgan fingerprint density at radius 3 is 1.51 bits per heavy atom. The molecule has 242 valence electrons. The van der Waals surface area contributed by atoms with Crippen LogP contribution in [-0.4, -0.2) is 0 Å². The number of nitrogens with zero attached hydrogens (tertiary/aromatic N) is 1. The first-order chi connectivity index (χ1) is 25.3. The molecule has 1 heterocycles. The first kappa shape index (κ1) is 29.5. The van der Waals surface area contributed by atoms with Gasteiger partial charge < -0.3 is 9.32 Å². The zero-order chi connectivity index (χ0) is 33.7. The van der Waals surface area contributed by atoms with Crippen LogP contribution in [0.5, 0.6) is 0 Å². The van der Waals surface area contributed by atoms with Crippen molar-refractivity contribution in [1.82, 2.24) is 0 Å². The summed E-state index contributed by atoms with van der Waals surface area (Å²) in [5.74, 6) is 2.28. The van der Waals surface area contributed by atoms with Gasteiger partial charge in [0.2, 0.25) is 0 Å². The molecule has 0 radical (unpaired) electrons. The van der Waals surface area contributed by atoms with Crippen molar-refractivity contribution in [3.63, 3.8) is 0 Å². The van der Waals surface area contributed by atoms with E-state index in [0.29, 0.717) is 11.8 Å². The molecule has 2 heteroatoms. The molecular formula is C49H35NO. The van der Waals surface area contributed by atoms with Gasteiger partial charge in [0, 0.05) is 33.6 Å². The lowest BCUT2D eigenvalue weighted by Gasteiger charge is -2.26. The van der Waals surface area contributed by atoms with Crippen molar-refractivity contribution in [3.8, 4) is 44.5 Å². The summed E-state index contributed by atoms with van der Waals surface area (Å²) in [6.45, 7) is 0. The number of furan rings is 1. The molecular weight excluding hydrogens is 619 g/mol. The van der Waals surface area contributed by atoms with Gasteiger partial charge >= 0.3 is 0 Å². The highest BCUT2D eigenvalue weighted by molar-refractivity contribution is 6.00. The lowest BCUT2D eigenvalue weighted by Crippen LogP contribution is -2.09. The quantitative estimate of drug-likeness (QED) is 0.170. The Balaban J connectivity index is 0.975. The molecule has 10 rings (SSSR count). The summed E-state index contributed by atoms with van der Waals surface area (Å²) >= 11 is 0. The van der Waals surface area contributed by atoms with Gasteiger partial charge in [-0.1, -0.05) is 133 Å². The smallest absolute Gasteiger partial charge is 0.142 e. The molecule has 2 atom stereocenters. The van der Waals surface area contributed by atoms with Gasteiger partial charge in [-0.2, -0.15) is 0 Å². The molecule has 2 aliphatic carbocycles. The molecule has 0 bridgehead atoms. The number of anilines is 3. The minimum Gasteiger partial charge on any atom is -0.456 e. The summed E-state index contributed by atoms with van der Waals surface area (Å²) in [6, 6.07) is 63.2. The van der Waals surface area contributed by atoms with Gasteiger partial charge in [0.25, 0.3) is 0 Å². The van der Waals surface area contributed by atoms with E-state index in [4.69, 9.17) is 4.42 Å². The van der Waals surface area contributed by atoms with Gasteiger partial charge in [0.1, 0.15) is 11.3 Å². The van der Waals surface area contributed by atoms with Crippen LogP contribution in [0.25, 0.3) is 61.6 Å². The van der Waals surface area contributed by atoms with Crippen molar-refractivity contribution in [2.45, 2.75) is 12.3 Å². The Morgan fingerprint density at radius 2 is 0.922 bits per heavy atom. The van der Waals surface area contributed by atoms with E-state index in [1.165, 1.54) is 56.3 Å². The third kappa shape index (κ3) is 5.37. The van der Waals surface area contributed by atoms with E-state index in [1.807, 2.05) is 0 Å². The van der Waals surface area contributed by atoms with Crippen LogP contribution in [0, 0.1) is 5.92 Å². The molecule has 2 unspecified atom stereocenters. The van der Waals surface area contributed by atoms with Crippen molar-refractivity contribution in [2.75, 3.05) is 4.90 Å². The summed E-state index contributed by atoms with van der Waals surface area (Å²) in [4.78, 5) is 2.32. The lowest BCUT2D eigenvalue weighted by molar-refractivity contribution is 0.596. The highest BCUT2D eigenvalue weighted by atomic mass is 16.3. The minimum absolute atomic E-state index is 0.585. The molecule has 51 heavy (non-hydrogen) atoms. The predicted molar refractivity (Wildman–Crippen MR) is 213 cm³/mol. The van der Waals surface area contributed by atoms with Crippen LogP contribution in [-0.2, 0) is 0 Å². The molecule has 2 aliphatic rings. The summed E-state index contributed by atoms with van der Waals surface area (Å²) in [6.07, 6.45) is 5.74. The lowest BCUT2D eigenvalue weighted by atomic mass is 9.92. The number of rotatable bonds is 7. The maximum atomic E-state index is 6.56. The van der Waals surface area contributed by atoms with Crippen molar-refractivity contribution in [2.24, 2.45) is 5.92 Å². The summed E-state index contributed by atoms with van der Waals surface area (Å²) in [7, 11) is 0. The molecule has 0 amide bonds. The third-order valence-electron chi connectivity index (χ3n) is 10.6. The average molecular weight is 654 g/mol. The number of allylic oxidation sites excluding steroid dienone is 1. The molecule has 7 aromatic carbocycles. The Morgan fingerprint density at radius 1 is 0.451 bits per heavy atom. The van der Waals surface area contributed by atoms with E-state index in [2.05, 4.69) is 193 Å². The third-order valence-corrected chi connectivity index (χ3v) is 10.6. The second-order valence-corrected chi connectivity index (χ2v) is 13.7. The van der Waals surface area contributed by atoms with Gasteiger partial charge in [0.05, 0.1) is 0 Å². The molecule has 0 spiro atoms. The molecule has 1 fully saturated rings. The number of benzene rings is 7. The van der Waals surface area contributed by atoms with Crippen LogP contribution in [0.1, 0.15) is 23.7 Å². The highest BCUT2D eigenvalue weighted by Crippen LogP contribution is 2.56. The minimum atomic E-state index is 0.585. The number of hydrogen-bond donors (Lipinski definition) is 0. The summed E-state index contributed by atoms with van der Waals surface area (Å²) < 4.78 is 6.56. The van der Waals surface area contributed by atoms with E-state index in [-0.39, 0.29) is 0 Å². The monoisotopic (exact) mass is 653 g/mol. The maximum Gasteiger partial charge on any atom is 0.142 e. The second-order valence-electron chi connectivity index (χ2n) is 13.7. The fourth-order valence-electron chi connectivity index (χ4n) is 7.83. The number of hydrogen-bond acceptors (Lipinski definition) is 2. The zero-order valence-electron chi connectivity index (χ0n) is 28.1. The van der Waals surface area contributed by atoms with E-state index < -0.39 is 0 Å². The van der Waals surface area contributed by atoms with Crippen LogP contribution in [0.4, 0.5) is 17.1 Å². The normalized spacial score (nSPS) is 15.7. The Labute approximate surface area is 298 Å². The molecule has 2 nitrogen and oxygen atoms in total. The van der Waals surface area contributed by atoms with Gasteiger partial charge in [0.15, 0.2) is 0 Å². The molecule has 1 aromatic heterocycles. The van der Waals surface area contributed by atoms with Crippen LogP contribution in [0.2, 0.25) is 0 Å². The zero-order valence-corrected chi connectivity index (χ0v) is 28.1. The number of para-hydroxylation sites is 1. The van der Waals surface area contributed by atoms with E-state index >= 15 is 0 Å². The molecule has 0 aliphatic heterocycles. The summed E-state index contributed by atoms with van der Waals surface area (Å²) in [5, 5.41) is 1.26. The van der Waals surface area contributed by atoms with E-state index in [1.54, 1.807) is 0 Å². The summed E-state index contributed by atoms with van der Waals surface area (Å²) in [5.41, 5.74) is 15.3. The van der Waals surface area contributed by atoms with E-state index in [9.17, 15) is 0 Å². The van der Waals surface area contributed by atoms with Crippen molar-refractivity contribution in [3.05, 3.63) is 193 Å². The predicted octanol–water partition coefficient (Wildman–Crippen LogP) is 13.7. The maximum absolute atomic E-state index is 6.56. The van der Waals surface area contributed by atoms with Crippen LogP contribution < -0.4 is 4.90 Å². The fourth-order valence-corrected chi connectivity index (χ4v) is 7.83. The molecule has 1 saturated carbocycles. The fraction of sp³-hybridized carbons (Fsp3) is 0.0612. The van der Waals surface area contributed by atoms with Gasteiger partial charge in [-0.15, -0.1) is 0 Å². The largest absolute Gasteiger partial charge is 0.456 e. The van der Waals surface area contributed by atoms with Crippen molar-refractivity contribution < 1.29 is 4.42 Å². The Kier molecular flexibility index (Phi) is 7.06. The van der Waals surface area contributed by atoms with E-state index in [0.717, 1.165) is 34.0 Å². The molecule has 0 N–H and O–H groups in total. The van der Waals surface area contributed by atoms with Crippen LogP contribution >= 0.6 is 0 Å². The Bertz CT molecular complexity index is 2510. The van der Waals surface area contributed by atoms with Gasteiger partial charge in [-0.25, -0.2) is 0 Å².